The van der Waals surface area contributed by atoms with Crippen LogP contribution in [0.4, 0.5) is 4.39 Å². The van der Waals surface area contributed by atoms with E-state index in [1.165, 1.54) is 12.1 Å². The first-order valence-corrected chi connectivity index (χ1v) is 6.65. The van der Waals surface area contributed by atoms with Gasteiger partial charge in [0.1, 0.15) is 11.6 Å². The highest BCUT2D eigenvalue weighted by molar-refractivity contribution is 6.88. The Morgan fingerprint density at radius 3 is 1.87 bits per heavy atom. The van der Waals surface area contributed by atoms with E-state index in [4.69, 9.17) is 4.43 Å². The Hall–Kier alpha value is -1.61. The van der Waals surface area contributed by atoms with E-state index in [-0.39, 0.29) is 5.82 Å². The van der Waals surface area contributed by atoms with Crippen molar-refractivity contribution in [3.8, 4) is 5.75 Å². The summed E-state index contributed by atoms with van der Waals surface area (Å²) in [5.74, 6) is 0.313. The summed E-state index contributed by atoms with van der Waals surface area (Å²) < 4.78 is 18.4. The van der Waals surface area contributed by atoms with Gasteiger partial charge in [-0.15, -0.1) is 19.7 Å². The Labute approximate surface area is 90.3 Å². The van der Waals surface area contributed by atoms with Gasteiger partial charge >= 0.3 is 8.32 Å². The molecule has 1 aromatic carbocycles. The van der Waals surface area contributed by atoms with E-state index >= 15 is 0 Å². The van der Waals surface area contributed by atoms with Crippen LogP contribution < -0.4 is 4.43 Å². The quantitative estimate of drug-likeness (QED) is 0.692. The van der Waals surface area contributed by atoms with Gasteiger partial charge in [-0.1, -0.05) is 17.1 Å². The molecule has 3 heteroatoms. The van der Waals surface area contributed by atoms with Crippen molar-refractivity contribution in [2.75, 3.05) is 0 Å². The van der Waals surface area contributed by atoms with Gasteiger partial charge in [0.05, 0.1) is 0 Å². The van der Waals surface area contributed by atoms with Crippen LogP contribution in [-0.2, 0) is 0 Å². The van der Waals surface area contributed by atoms with Crippen LogP contribution >= 0.6 is 0 Å². The molecule has 0 aliphatic heterocycles. The smallest absolute Gasteiger partial charge is 0.323 e. The highest BCUT2D eigenvalue weighted by Gasteiger charge is 2.25. The first-order chi connectivity index (χ1) is 7.15. The molecule has 0 heterocycles. The minimum Gasteiger partial charge on any atom is -0.532 e. The van der Waals surface area contributed by atoms with E-state index in [0.29, 0.717) is 5.75 Å². The fourth-order valence-corrected chi connectivity index (χ4v) is 2.38. The topological polar surface area (TPSA) is 9.23 Å². The predicted molar refractivity (Wildman–Crippen MR) is 63.4 cm³/mol. The van der Waals surface area contributed by atoms with Gasteiger partial charge in [0.25, 0.3) is 0 Å². The van der Waals surface area contributed by atoms with E-state index in [1.54, 1.807) is 29.2 Å². The minimum absolute atomic E-state index is 0.287. The summed E-state index contributed by atoms with van der Waals surface area (Å²) in [6.07, 6.45) is 0. The van der Waals surface area contributed by atoms with Gasteiger partial charge in [-0.05, 0) is 24.3 Å². The fraction of sp³-hybridized carbons (Fsp3) is 0. The normalized spacial score (nSPS) is 10.5. The maximum absolute atomic E-state index is 12.7. The third kappa shape index (κ3) is 2.67. The molecule has 0 unspecified atom stereocenters. The number of hydrogen-bond acceptors (Lipinski definition) is 1. The maximum atomic E-state index is 12.7. The van der Waals surface area contributed by atoms with Crippen LogP contribution in [0.1, 0.15) is 0 Å². The van der Waals surface area contributed by atoms with Gasteiger partial charge in [-0.25, -0.2) is 4.39 Å². The summed E-state index contributed by atoms with van der Waals surface area (Å²) in [4.78, 5) is 0. The van der Waals surface area contributed by atoms with E-state index in [1.807, 2.05) is 0 Å². The van der Waals surface area contributed by atoms with Crippen LogP contribution in [0.3, 0.4) is 0 Å². The van der Waals surface area contributed by atoms with Crippen LogP contribution in [0.25, 0.3) is 0 Å². The molecule has 1 nitrogen and oxygen atoms in total. The summed E-state index contributed by atoms with van der Waals surface area (Å²) in [6, 6.07) is 5.86. The highest BCUT2D eigenvalue weighted by Crippen LogP contribution is 2.18. The molecule has 15 heavy (non-hydrogen) atoms. The van der Waals surface area contributed by atoms with Crippen molar-refractivity contribution in [2.45, 2.75) is 0 Å². The Balaban J connectivity index is 2.92. The largest absolute Gasteiger partial charge is 0.532 e. The molecule has 0 N–H and O–H groups in total. The molecule has 1 aromatic rings. The van der Waals surface area contributed by atoms with Gasteiger partial charge in [0.15, 0.2) is 0 Å². The number of halogens is 1. The third-order valence-electron chi connectivity index (χ3n) is 2.07. The van der Waals surface area contributed by atoms with E-state index in [0.717, 1.165) is 0 Å². The van der Waals surface area contributed by atoms with Crippen molar-refractivity contribution < 1.29 is 8.82 Å². The summed E-state index contributed by atoms with van der Waals surface area (Å²) in [5, 5.41) is 0. The zero-order valence-corrected chi connectivity index (χ0v) is 9.45. The van der Waals surface area contributed by atoms with Gasteiger partial charge in [-0.3, -0.25) is 0 Å². The summed E-state index contributed by atoms with van der Waals surface area (Å²) >= 11 is 0. The fourth-order valence-electron chi connectivity index (χ4n) is 1.08. The van der Waals surface area contributed by atoms with Crippen LogP contribution in [0.5, 0.6) is 5.75 Å². The molecule has 0 spiro atoms. The summed E-state index contributed by atoms with van der Waals surface area (Å²) in [6.45, 7) is 11.1. The number of rotatable bonds is 5. The molecule has 78 valence electrons. The Bertz CT molecular complexity index is 348. The second-order valence-electron chi connectivity index (χ2n) is 3.02. The molecule has 0 fully saturated rings. The molecule has 0 aromatic heterocycles. The summed E-state index contributed by atoms with van der Waals surface area (Å²) in [5.41, 5.74) is 5.16. The predicted octanol–water partition coefficient (Wildman–Crippen LogP) is 3.33. The first-order valence-electron chi connectivity index (χ1n) is 4.51. The molecule has 0 aliphatic rings. The maximum Gasteiger partial charge on any atom is 0.323 e. The molecular formula is C12H13FOSi. The monoisotopic (exact) mass is 220 g/mol. The Morgan fingerprint density at radius 2 is 1.47 bits per heavy atom. The number of benzene rings is 1. The molecule has 0 saturated carbocycles. The average molecular weight is 220 g/mol. The lowest BCUT2D eigenvalue weighted by atomic mass is 10.3. The zero-order valence-electron chi connectivity index (χ0n) is 8.45. The first kappa shape index (κ1) is 11.5. The van der Waals surface area contributed by atoms with Gasteiger partial charge in [-0.2, -0.15) is 0 Å². The van der Waals surface area contributed by atoms with Crippen LogP contribution in [-0.4, -0.2) is 8.32 Å². The molecule has 0 saturated heterocycles. The average Bonchev–Trinajstić information content (AvgIpc) is 2.29. The lowest BCUT2D eigenvalue weighted by molar-refractivity contribution is 0.567. The zero-order chi connectivity index (χ0) is 11.3. The summed E-state index contributed by atoms with van der Waals surface area (Å²) in [7, 11) is -2.31. The van der Waals surface area contributed by atoms with Gasteiger partial charge in [0.2, 0.25) is 0 Å². The second-order valence-corrected chi connectivity index (χ2v) is 6.16. The molecule has 0 radical (unpaired) electrons. The number of hydrogen-bond donors (Lipinski definition) is 0. The minimum atomic E-state index is -2.31. The molecule has 0 amide bonds. The van der Waals surface area contributed by atoms with Crippen LogP contribution in [0.2, 0.25) is 0 Å². The lowest BCUT2D eigenvalue weighted by Gasteiger charge is -2.21. The SMILES string of the molecule is C=C[Si](C=C)(C=C)Oc1ccc(F)cc1. The molecular weight excluding hydrogens is 207 g/mol. The van der Waals surface area contributed by atoms with Crippen LogP contribution in [0.15, 0.2) is 61.1 Å². The van der Waals surface area contributed by atoms with E-state index in [9.17, 15) is 4.39 Å². The molecule has 0 aliphatic carbocycles. The van der Waals surface area contributed by atoms with Gasteiger partial charge in [0, 0.05) is 0 Å². The molecule has 1 rings (SSSR count). The van der Waals surface area contributed by atoms with E-state index in [2.05, 4.69) is 19.7 Å². The Morgan fingerprint density at radius 1 is 1.00 bits per heavy atom. The second kappa shape index (κ2) is 4.75. The van der Waals surface area contributed by atoms with E-state index < -0.39 is 8.32 Å². The van der Waals surface area contributed by atoms with Crippen molar-refractivity contribution >= 4 is 8.32 Å². The van der Waals surface area contributed by atoms with Crippen molar-refractivity contribution in [3.63, 3.8) is 0 Å². The van der Waals surface area contributed by atoms with Crippen molar-refractivity contribution in [3.05, 3.63) is 66.9 Å². The lowest BCUT2D eigenvalue weighted by Crippen LogP contribution is -2.35. The highest BCUT2D eigenvalue weighted by atomic mass is 28.4. The van der Waals surface area contributed by atoms with Crippen molar-refractivity contribution in [2.24, 2.45) is 0 Å². The molecule has 0 bridgehead atoms. The van der Waals surface area contributed by atoms with Crippen molar-refractivity contribution in [1.82, 2.24) is 0 Å². The Kier molecular flexibility index (Phi) is 3.63. The van der Waals surface area contributed by atoms with Crippen LogP contribution in [0, 0.1) is 5.82 Å². The molecule has 0 atom stereocenters. The standard InChI is InChI=1S/C12H13FOSi/c1-4-15(5-2,6-3)14-12-9-7-11(13)8-10-12/h4-10H,1-3H2. The van der Waals surface area contributed by atoms with Gasteiger partial charge < -0.3 is 4.43 Å². The van der Waals surface area contributed by atoms with Crippen molar-refractivity contribution in [1.29, 1.82) is 0 Å². The third-order valence-corrected chi connectivity index (χ3v) is 4.57.